The number of aryl methyl sites for hydroxylation is 1. The molecule has 18 heavy (non-hydrogen) atoms. The lowest BCUT2D eigenvalue weighted by Gasteiger charge is -2.05. The van der Waals surface area contributed by atoms with Crippen molar-refractivity contribution in [1.82, 2.24) is 15.1 Å². The third-order valence-corrected chi connectivity index (χ3v) is 3.52. The van der Waals surface area contributed by atoms with Gasteiger partial charge < -0.3 is 10.1 Å². The van der Waals surface area contributed by atoms with E-state index in [1.165, 1.54) is 9.75 Å². The third kappa shape index (κ3) is 3.85. The first-order valence-electron chi connectivity index (χ1n) is 6.06. The lowest BCUT2D eigenvalue weighted by molar-refractivity contribution is 0.309. The summed E-state index contributed by atoms with van der Waals surface area (Å²) in [5, 5.41) is 7.48. The highest BCUT2D eigenvalue weighted by atomic mass is 32.1. The summed E-state index contributed by atoms with van der Waals surface area (Å²) in [6, 6.07) is 4.79. The summed E-state index contributed by atoms with van der Waals surface area (Å²) in [5.41, 5.74) is 0. The molecule has 0 unspecified atom stereocenters. The van der Waals surface area contributed by atoms with E-state index in [1.54, 1.807) is 22.2 Å². The Balaban J connectivity index is 1.83. The molecule has 1 N–H and O–H groups in total. The maximum absolute atomic E-state index is 5.66. The van der Waals surface area contributed by atoms with Crippen LogP contribution in [0, 0.1) is 0 Å². The Kier molecular flexibility index (Phi) is 4.38. The highest BCUT2D eigenvalue weighted by molar-refractivity contribution is 7.11. The van der Waals surface area contributed by atoms with Gasteiger partial charge >= 0.3 is 0 Å². The summed E-state index contributed by atoms with van der Waals surface area (Å²) in [7, 11) is 1.88. The van der Waals surface area contributed by atoms with Gasteiger partial charge in [0.1, 0.15) is 6.61 Å². The molecule has 0 aliphatic rings. The van der Waals surface area contributed by atoms with Crippen LogP contribution in [0.5, 0.6) is 5.75 Å². The van der Waals surface area contributed by atoms with E-state index < -0.39 is 0 Å². The summed E-state index contributed by atoms with van der Waals surface area (Å²) < 4.78 is 7.40. The topological polar surface area (TPSA) is 39.1 Å². The highest BCUT2D eigenvalue weighted by Gasteiger charge is 2.03. The first-order valence-corrected chi connectivity index (χ1v) is 6.87. The number of hydrogen-bond acceptors (Lipinski definition) is 4. The molecule has 0 radical (unpaired) electrons. The Labute approximate surface area is 112 Å². The van der Waals surface area contributed by atoms with Crippen molar-refractivity contribution in [2.75, 3.05) is 0 Å². The van der Waals surface area contributed by atoms with E-state index >= 15 is 0 Å². The van der Waals surface area contributed by atoms with Crippen molar-refractivity contribution in [3.05, 3.63) is 34.3 Å². The molecule has 0 atom stereocenters. The second-order valence-electron chi connectivity index (χ2n) is 4.54. The summed E-state index contributed by atoms with van der Waals surface area (Å²) >= 11 is 1.79. The maximum atomic E-state index is 5.66. The summed E-state index contributed by atoms with van der Waals surface area (Å²) in [6.45, 7) is 5.84. The summed E-state index contributed by atoms with van der Waals surface area (Å²) in [5.74, 6) is 0.813. The van der Waals surface area contributed by atoms with Crippen LogP contribution >= 0.6 is 11.3 Å². The van der Waals surface area contributed by atoms with E-state index in [9.17, 15) is 0 Å². The van der Waals surface area contributed by atoms with E-state index in [4.69, 9.17) is 4.74 Å². The van der Waals surface area contributed by atoms with Gasteiger partial charge in [-0.25, -0.2) is 0 Å². The predicted molar refractivity (Wildman–Crippen MR) is 73.8 cm³/mol. The van der Waals surface area contributed by atoms with E-state index in [2.05, 4.69) is 36.4 Å². The van der Waals surface area contributed by atoms with Crippen molar-refractivity contribution in [1.29, 1.82) is 0 Å². The molecule has 0 aliphatic carbocycles. The summed E-state index contributed by atoms with van der Waals surface area (Å²) in [6.07, 6.45) is 3.60. The molecule has 0 saturated heterocycles. The second kappa shape index (κ2) is 6.02. The SMILES string of the molecule is CC(C)NCc1ccc(COc2cnn(C)c2)s1. The molecule has 2 heterocycles. The minimum Gasteiger partial charge on any atom is -0.485 e. The van der Waals surface area contributed by atoms with Gasteiger partial charge in [-0.2, -0.15) is 5.10 Å². The molecule has 5 heteroatoms. The molecule has 98 valence electrons. The maximum Gasteiger partial charge on any atom is 0.157 e. The molecule has 2 rings (SSSR count). The van der Waals surface area contributed by atoms with Gasteiger partial charge in [-0.3, -0.25) is 4.68 Å². The van der Waals surface area contributed by atoms with Gasteiger partial charge in [0.05, 0.1) is 12.4 Å². The second-order valence-corrected chi connectivity index (χ2v) is 5.79. The van der Waals surface area contributed by atoms with Crippen LogP contribution in [-0.4, -0.2) is 15.8 Å². The minimum absolute atomic E-state index is 0.516. The molecule has 2 aromatic rings. The van der Waals surface area contributed by atoms with Crippen LogP contribution < -0.4 is 10.1 Å². The molecular formula is C13H19N3OS. The quantitative estimate of drug-likeness (QED) is 0.872. The predicted octanol–water partition coefficient (Wildman–Crippen LogP) is 2.56. The van der Waals surface area contributed by atoms with E-state index in [0.29, 0.717) is 12.6 Å². The standard InChI is InChI=1S/C13H19N3OS/c1-10(2)14-7-12-4-5-13(18-12)9-17-11-6-15-16(3)8-11/h4-6,8,10,14H,7,9H2,1-3H3. The molecule has 0 aromatic carbocycles. The van der Waals surface area contributed by atoms with Gasteiger partial charge in [0.15, 0.2) is 5.75 Å². The average molecular weight is 265 g/mol. The van der Waals surface area contributed by atoms with Crippen LogP contribution in [-0.2, 0) is 20.2 Å². The van der Waals surface area contributed by atoms with Gasteiger partial charge in [0.25, 0.3) is 0 Å². The molecule has 0 fully saturated rings. The zero-order valence-electron chi connectivity index (χ0n) is 11.0. The van der Waals surface area contributed by atoms with Crippen LogP contribution in [0.2, 0.25) is 0 Å². The molecule has 2 aromatic heterocycles. The highest BCUT2D eigenvalue weighted by Crippen LogP contribution is 2.19. The fraction of sp³-hybridized carbons (Fsp3) is 0.462. The lowest BCUT2D eigenvalue weighted by Crippen LogP contribution is -2.21. The first kappa shape index (κ1) is 13.1. The van der Waals surface area contributed by atoms with E-state index in [-0.39, 0.29) is 0 Å². The van der Waals surface area contributed by atoms with Crippen LogP contribution in [0.1, 0.15) is 23.6 Å². The molecule has 0 aliphatic heterocycles. The van der Waals surface area contributed by atoms with Crippen molar-refractivity contribution in [2.45, 2.75) is 33.0 Å². The zero-order chi connectivity index (χ0) is 13.0. The van der Waals surface area contributed by atoms with Crippen molar-refractivity contribution in [2.24, 2.45) is 7.05 Å². The molecule has 0 spiro atoms. The van der Waals surface area contributed by atoms with Gasteiger partial charge in [0, 0.05) is 29.4 Å². The van der Waals surface area contributed by atoms with E-state index in [0.717, 1.165) is 12.3 Å². The zero-order valence-corrected chi connectivity index (χ0v) is 11.8. The number of nitrogens with one attached hydrogen (secondary N) is 1. The molecule has 0 bridgehead atoms. The smallest absolute Gasteiger partial charge is 0.157 e. The van der Waals surface area contributed by atoms with Crippen molar-refractivity contribution < 1.29 is 4.74 Å². The van der Waals surface area contributed by atoms with Crippen LogP contribution in [0.15, 0.2) is 24.5 Å². The van der Waals surface area contributed by atoms with Crippen LogP contribution in [0.4, 0.5) is 0 Å². The van der Waals surface area contributed by atoms with Gasteiger partial charge in [-0.1, -0.05) is 13.8 Å². The number of hydrogen-bond donors (Lipinski definition) is 1. The number of ether oxygens (including phenoxy) is 1. The van der Waals surface area contributed by atoms with Crippen LogP contribution in [0.25, 0.3) is 0 Å². The largest absolute Gasteiger partial charge is 0.485 e. The number of thiophene rings is 1. The number of aromatic nitrogens is 2. The fourth-order valence-corrected chi connectivity index (χ4v) is 2.41. The number of nitrogens with zero attached hydrogens (tertiary/aromatic N) is 2. The monoisotopic (exact) mass is 265 g/mol. The Morgan fingerprint density at radius 2 is 2.17 bits per heavy atom. The van der Waals surface area contributed by atoms with Gasteiger partial charge in [0.2, 0.25) is 0 Å². The number of rotatable bonds is 6. The van der Waals surface area contributed by atoms with Crippen molar-refractivity contribution >= 4 is 11.3 Å². The fourth-order valence-electron chi connectivity index (χ4n) is 1.53. The Bertz CT molecular complexity index is 490. The first-order chi connectivity index (χ1) is 8.63. The molecule has 0 amide bonds. The summed E-state index contributed by atoms with van der Waals surface area (Å²) in [4.78, 5) is 2.58. The van der Waals surface area contributed by atoms with Gasteiger partial charge in [-0.05, 0) is 12.1 Å². The molecule has 4 nitrogen and oxygen atoms in total. The Morgan fingerprint density at radius 1 is 1.39 bits per heavy atom. The molecule has 0 saturated carbocycles. The minimum atomic E-state index is 0.516. The Morgan fingerprint density at radius 3 is 2.83 bits per heavy atom. The molecular weight excluding hydrogens is 246 g/mol. The van der Waals surface area contributed by atoms with Crippen LogP contribution in [0.3, 0.4) is 0 Å². The normalized spacial score (nSPS) is 11.1. The lowest BCUT2D eigenvalue weighted by atomic mass is 10.3. The van der Waals surface area contributed by atoms with Crippen molar-refractivity contribution in [3.8, 4) is 5.75 Å². The van der Waals surface area contributed by atoms with E-state index in [1.807, 2.05) is 13.2 Å². The third-order valence-electron chi connectivity index (χ3n) is 2.46. The Hall–Kier alpha value is -1.33. The van der Waals surface area contributed by atoms with Gasteiger partial charge in [-0.15, -0.1) is 11.3 Å². The van der Waals surface area contributed by atoms with Crippen molar-refractivity contribution in [3.63, 3.8) is 0 Å². The average Bonchev–Trinajstić information content (AvgIpc) is 2.93.